The second kappa shape index (κ2) is 9.40. The molecule has 3 heterocycles. The predicted molar refractivity (Wildman–Crippen MR) is 124 cm³/mol. The van der Waals surface area contributed by atoms with E-state index in [1.165, 1.54) is 10.9 Å². The highest BCUT2D eigenvalue weighted by molar-refractivity contribution is 5.97. The number of carbonyl (C=O) groups is 1. The third-order valence-electron chi connectivity index (χ3n) is 6.35. The number of aromatic nitrogens is 3. The van der Waals surface area contributed by atoms with Gasteiger partial charge in [0, 0.05) is 24.7 Å². The Morgan fingerprint density at radius 2 is 1.88 bits per heavy atom. The molecule has 0 unspecified atom stereocenters. The zero-order valence-corrected chi connectivity index (χ0v) is 18.6. The van der Waals surface area contributed by atoms with E-state index in [4.69, 9.17) is 9.37 Å². The zero-order valence-electron chi connectivity index (χ0n) is 18.6. The SMILES string of the molecule is Cc1nonc1COc1ccccc1C(=O)N1CCC(Cc2cccc3cccnc23)CC1. The van der Waals surface area contributed by atoms with Crippen molar-refractivity contribution in [2.45, 2.75) is 32.8 Å². The van der Waals surface area contributed by atoms with E-state index < -0.39 is 0 Å². The molecule has 1 saturated heterocycles. The van der Waals surface area contributed by atoms with Crippen LogP contribution in [0.25, 0.3) is 10.9 Å². The molecule has 7 nitrogen and oxygen atoms in total. The molecule has 1 aliphatic heterocycles. The van der Waals surface area contributed by atoms with Crippen LogP contribution in [-0.4, -0.2) is 39.2 Å². The van der Waals surface area contributed by atoms with Crippen molar-refractivity contribution in [1.29, 1.82) is 0 Å². The number of pyridine rings is 1. The lowest BCUT2D eigenvalue weighted by Crippen LogP contribution is -2.39. The number of hydrogen-bond acceptors (Lipinski definition) is 6. The number of piperidine rings is 1. The minimum absolute atomic E-state index is 0.00544. The van der Waals surface area contributed by atoms with Gasteiger partial charge in [0.15, 0.2) is 0 Å². The van der Waals surface area contributed by atoms with E-state index in [0.717, 1.165) is 37.9 Å². The van der Waals surface area contributed by atoms with E-state index in [-0.39, 0.29) is 12.5 Å². The molecule has 1 amide bonds. The Kier molecular flexibility index (Phi) is 6.02. The van der Waals surface area contributed by atoms with Gasteiger partial charge in [-0.25, -0.2) is 4.63 Å². The van der Waals surface area contributed by atoms with Gasteiger partial charge in [0.1, 0.15) is 23.7 Å². The number of fused-ring (bicyclic) bond motifs is 1. The Hall–Kier alpha value is -3.74. The number of carbonyl (C=O) groups excluding carboxylic acids is 1. The summed E-state index contributed by atoms with van der Waals surface area (Å²) < 4.78 is 10.6. The smallest absolute Gasteiger partial charge is 0.257 e. The summed E-state index contributed by atoms with van der Waals surface area (Å²) in [6, 6.07) is 17.8. The van der Waals surface area contributed by atoms with Crippen LogP contribution in [0.1, 0.15) is 40.2 Å². The summed E-state index contributed by atoms with van der Waals surface area (Å²) >= 11 is 0. The Morgan fingerprint density at radius 1 is 1.06 bits per heavy atom. The monoisotopic (exact) mass is 442 g/mol. The highest BCUT2D eigenvalue weighted by atomic mass is 16.6. The number of likely N-dealkylation sites (tertiary alicyclic amines) is 1. The lowest BCUT2D eigenvalue weighted by Gasteiger charge is -2.32. The molecular formula is C26H26N4O3. The van der Waals surface area contributed by atoms with Gasteiger partial charge in [-0.15, -0.1) is 0 Å². The van der Waals surface area contributed by atoms with Gasteiger partial charge in [0.25, 0.3) is 5.91 Å². The number of para-hydroxylation sites is 2. The molecule has 0 aliphatic carbocycles. The van der Waals surface area contributed by atoms with Crippen LogP contribution >= 0.6 is 0 Å². The summed E-state index contributed by atoms with van der Waals surface area (Å²) in [6.07, 6.45) is 4.79. The Morgan fingerprint density at radius 3 is 2.70 bits per heavy atom. The van der Waals surface area contributed by atoms with Crippen LogP contribution in [0.15, 0.2) is 65.4 Å². The molecule has 4 aromatic rings. The highest BCUT2D eigenvalue weighted by Crippen LogP contribution is 2.28. The lowest BCUT2D eigenvalue weighted by molar-refractivity contribution is 0.0685. The number of benzene rings is 2. The van der Waals surface area contributed by atoms with Gasteiger partial charge in [-0.05, 0) is 55.9 Å². The van der Waals surface area contributed by atoms with Gasteiger partial charge in [-0.1, -0.05) is 46.7 Å². The van der Waals surface area contributed by atoms with Crippen LogP contribution < -0.4 is 4.74 Å². The van der Waals surface area contributed by atoms with Crippen molar-refractivity contribution in [1.82, 2.24) is 20.2 Å². The van der Waals surface area contributed by atoms with Crippen molar-refractivity contribution in [3.8, 4) is 5.75 Å². The average molecular weight is 443 g/mol. The Bertz CT molecular complexity index is 1260. The van der Waals surface area contributed by atoms with Gasteiger partial charge in [0.05, 0.1) is 11.1 Å². The maximum absolute atomic E-state index is 13.3. The van der Waals surface area contributed by atoms with Crippen LogP contribution in [-0.2, 0) is 13.0 Å². The first kappa shape index (κ1) is 21.1. The van der Waals surface area contributed by atoms with Gasteiger partial charge in [-0.3, -0.25) is 9.78 Å². The van der Waals surface area contributed by atoms with Crippen LogP contribution in [0.5, 0.6) is 5.75 Å². The van der Waals surface area contributed by atoms with Crippen molar-refractivity contribution in [3.63, 3.8) is 0 Å². The van der Waals surface area contributed by atoms with E-state index in [9.17, 15) is 4.79 Å². The number of ether oxygens (including phenoxy) is 1. The number of nitrogens with zero attached hydrogens (tertiary/aromatic N) is 4. The number of hydrogen-bond donors (Lipinski definition) is 0. The maximum atomic E-state index is 13.3. The molecule has 7 heteroatoms. The van der Waals surface area contributed by atoms with Gasteiger partial charge in [0.2, 0.25) is 0 Å². The molecule has 0 N–H and O–H groups in total. The number of aryl methyl sites for hydroxylation is 1. The molecule has 0 atom stereocenters. The van der Waals surface area contributed by atoms with Crippen molar-refractivity contribution in [3.05, 3.63) is 83.3 Å². The molecule has 33 heavy (non-hydrogen) atoms. The fourth-order valence-electron chi connectivity index (χ4n) is 4.45. The van der Waals surface area contributed by atoms with E-state index in [2.05, 4.69) is 39.6 Å². The Balaban J connectivity index is 1.22. The molecule has 0 spiro atoms. The van der Waals surface area contributed by atoms with Gasteiger partial charge >= 0.3 is 0 Å². The Labute approximate surface area is 192 Å². The molecular weight excluding hydrogens is 416 g/mol. The minimum Gasteiger partial charge on any atom is -0.486 e. The van der Waals surface area contributed by atoms with Crippen molar-refractivity contribution >= 4 is 16.8 Å². The van der Waals surface area contributed by atoms with E-state index in [1.807, 2.05) is 48.4 Å². The lowest BCUT2D eigenvalue weighted by atomic mass is 9.89. The summed E-state index contributed by atoms with van der Waals surface area (Å²) in [5.74, 6) is 1.09. The summed E-state index contributed by atoms with van der Waals surface area (Å²) in [5.41, 5.74) is 4.25. The predicted octanol–water partition coefficient (Wildman–Crippen LogP) is 4.60. The average Bonchev–Trinajstić information content (AvgIpc) is 3.28. The fourth-order valence-corrected chi connectivity index (χ4v) is 4.45. The first-order valence-corrected chi connectivity index (χ1v) is 11.3. The summed E-state index contributed by atoms with van der Waals surface area (Å²) in [6.45, 7) is 3.50. The maximum Gasteiger partial charge on any atom is 0.257 e. The van der Waals surface area contributed by atoms with E-state index >= 15 is 0 Å². The van der Waals surface area contributed by atoms with Crippen LogP contribution in [0.2, 0.25) is 0 Å². The van der Waals surface area contributed by atoms with Gasteiger partial charge < -0.3 is 9.64 Å². The third kappa shape index (κ3) is 4.58. The first-order valence-electron chi connectivity index (χ1n) is 11.3. The first-order chi connectivity index (χ1) is 16.2. The van der Waals surface area contributed by atoms with Crippen molar-refractivity contribution in [2.24, 2.45) is 5.92 Å². The van der Waals surface area contributed by atoms with E-state index in [1.54, 1.807) is 0 Å². The largest absolute Gasteiger partial charge is 0.486 e. The topological polar surface area (TPSA) is 81.3 Å². The molecule has 1 aliphatic rings. The summed E-state index contributed by atoms with van der Waals surface area (Å²) in [5, 5.41) is 8.79. The zero-order chi connectivity index (χ0) is 22.6. The molecule has 2 aromatic carbocycles. The van der Waals surface area contributed by atoms with Crippen LogP contribution in [0.4, 0.5) is 0 Å². The summed E-state index contributed by atoms with van der Waals surface area (Å²) in [7, 11) is 0. The van der Waals surface area contributed by atoms with Crippen LogP contribution in [0.3, 0.4) is 0 Å². The normalized spacial score (nSPS) is 14.5. The fraction of sp³-hybridized carbons (Fsp3) is 0.308. The highest BCUT2D eigenvalue weighted by Gasteiger charge is 2.26. The molecule has 168 valence electrons. The molecule has 0 radical (unpaired) electrons. The standard InChI is InChI=1S/C26H26N4O3/c1-18-23(29-33-28-18)17-32-24-10-3-2-9-22(24)26(31)30-14-11-19(12-15-30)16-21-7-4-6-20-8-5-13-27-25(20)21/h2-10,13,19H,11-12,14-17H2,1H3. The van der Waals surface area contributed by atoms with E-state index in [0.29, 0.717) is 28.6 Å². The molecule has 0 bridgehead atoms. The second-order valence-electron chi connectivity index (χ2n) is 8.51. The van der Waals surface area contributed by atoms with Gasteiger partial charge in [-0.2, -0.15) is 0 Å². The second-order valence-corrected chi connectivity index (χ2v) is 8.51. The number of amides is 1. The quantitative estimate of drug-likeness (QED) is 0.434. The molecule has 2 aromatic heterocycles. The third-order valence-corrected chi connectivity index (χ3v) is 6.35. The number of rotatable bonds is 6. The molecule has 5 rings (SSSR count). The van der Waals surface area contributed by atoms with Crippen molar-refractivity contribution < 1.29 is 14.2 Å². The summed E-state index contributed by atoms with van der Waals surface area (Å²) in [4.78, 5) is 19.8. The molecule has 0 saturated carbocycles. The molecule has 1 fully saturated rings. The van der Waals surface area contributed by atoms with Crippen LogP contribution in [0, 0.1) is 12.8 Å². The van der Waals surface area contributed by atoms with Crippen molar-refractivity contribution in [2.75, 3.05) is 13.1 Å². The minimum atomic E-state index is 0.00544.